The molecule has 1 aromatic carbocycles. The number of aromatic carboxylic acids is 1. The molecule has 3 rings (SSSR count). The highest BCUT2D eigenvalue weighted by Crippen LogP contribution is 2.31. The monoisotopic (exact) mass is 432 g/mol. The lowest BCUT2D eigenvalue weighted by molar-refractivity contribution is -0.122. The standard InChI is InChI=1S/C20H29BN4O6/c22-8-9-23-20(29)24-14-6-4-12(5-7-14)10-17(26)25-16-11-13-2-1-3-15(19(27)28)18(13)31-21(16)30/h1-3,12,14,16,30H,4-11,22H2,(H,25,26)(H,27,28)(H2,23,24,29). The van der Waals surface area contributed by atoms with Crippen molar-refractivity contribution in [1.29, 1.82) is 0 Å². The Labute approximate surface area is 181 Å². The van der Waals surface area contributed by atoms with E-state index in [1.54, 1.807) is 12.1 Å². The lowest BCUT2D eigenvalue weighted by Gasteiger charge is -2.31. The Kier molecular flexibility index (Phi) is 7.75. The van der Waals surface area contributed by atoms with Gasteiger partial charge in [-0.25, -0.2) is 9.59 Å². The summed E-state index contributed by atoms with van der Waals surface area (Å²) in [5.74, 6) is -1.60. The largest absolute Gasteiger partial charge is 0.547 e. The van der Waals surface area contributed by atoms with Gasteiger partial charge in [-0.15, -0.1) is 0 Å². The molecule has 1 fully saturated rings. The fourth-order valence-corrected chi connectivity index (χ4v) is 4.18. The van der Waals surface area contributed by atoms with Crippen molar-refractivity contribution in [1.82, 2.24) is 16.0 Å². The van der Waals surface area contributed by atoms with Crippen LogP contribution in [0, 0.1) is 5.92 Å². The molecular weight excluding hydrogens is 403 g/mol. The molecule has 10 nitrogen and oxygen atoms in total. The first-order valence-corrected chi connectivity index (χ1v) is 10.6. The number of hydrogen-bond acceptors (Lipinski definition) is 6. The minimum Gasteiger partial charge on any atom is -0.534 e. The van der Waals surface area contributed by atoms with Crippen LogP contribution in [0.25, 0.3) is 0 Å². The van der Waals surface area contributed by atoms with Gasteiger partial charge in [0, 0.05) is 25.6 Å². The minimum atomic E-state index is -1.32. The van der Waals surface area contributed by atoms with E-state index in [2.05, 4.69) is 16.0 Å². The van der Waals surface area contributed by atoms with Crippen molar-refractivity contribution in [2.45, 2.75) is 50.5 Å². The molecule has 31 heavy (non-hydrogen) atoms. The highest BCUT2D eigenvalue weighted by atomic mass is 16.5. The van der Waals surface area contributed by atoms with Crippen molar-refractivity contribution in [2.75, 3.05) is 13.1 Å². The number of benzene rings is 1. The molecule has 0 bridgehead atoms. The predicted octanol–water partition coefficient (Wildman–Crippen LogP) is 0.0310. The molecule has 0 saturated heterocycles. The molecule has 1 saturated carbocycles. The first-order chi connectivity index (χ1) is 14.9. The Bertz CT molecular complexity index is 815. The molecule has 0 radical (unpaired) electrons. The number of para-hydroxylation sites is 1. The van der Waals surface area contributed by atoms with E-state index in [1.807, 2.05) is 0 Å². The Balaban J connectivity index is 1.46. The summed E-state index contributed by atoms with van der Waals surface area (Å²) in [6, 6.07) is 4.63. The van der Waals surface area contributed by atoms with E-state index in [-0.39, 0.29) is 41.6 Å². The molecule has 7 N–H and O–H groups in total. The Morgan fingerprint density at radius 1 is 1.16 bits per heavy atom. The van der Waals surface area contributed by atoms with Gasteiger partial charge in [0.05, 0.1) is 11.5 Å². The predicted molar refractivity (Wildman–Crippen MR) is 114 cm³/mol. The van der Waals surface area contributed by atoms with Gasteiger partial charge >= 0.3 is 19.1 Å². The molecule has 1 heterocycles. The molecule has 0 aromatic heterocycles. The third-order valence-electron chi connectivity index (χ3n) is 5.78. The highest BCUT2D eigenvalue weighted by molar-refractivity contribution is 6.47. The van der Waals surface area contributed by atoms with Crippen LogP contribution in [-0.4, -0.2) is 60.2 Å². The maximum absolute atomic E-state index is 12.5. The van der Waals surface area contributed by atoms with Crippen LogP contribution in [0.4, 0.5) is 4.79 Å². The quantitative estimate of drug-likeness (QED) is 0.331. The molecule has 1 aliphatic carbocycles. The summed E-state index contributed by atoms with van der Waals surface area (Å²) in [5.41, 5.74) is 5.99. The summed E-state index contributed by atoms with van der Waals surface area (Å²) in [6.07, 6.45) is 3.87. The average Bonchev–Trinajstić information content (AvgIpc) is 2.73. The van der Waals surface area contributed by atoms with Crippen LogP contribution in [0.5, 0.6) is 5.75 Å². The zero-order chi connectivity index (χ0) is 22.4. The van der Waals surface area contributed by atoms with Gasteiger partial charge in [-0.1, -0.05) is 12.1 Å². The lowest BCUT2D eigenvalue weighted by Crippen LogP contribution is -2.53. The van der Waals surface area contributed by atoms with Crippen LogP contribution >= 0.6 is 0 Å². The van der Waals surface area contributed by atoms with Gasteiger partial charge in [-0.2, -0.15) is 0 Å². The van der Waals surface area contributed by atoms with Crippen LogP contribution in [0.15, 0.2) is 18.2 Å². The van der Waals surface area contributed by atoms with Crippen LogP contribution in [0.2, 0.25) is 0 Å². The lowest BCUT2D eigenvalue weighted by atomic mass is 9.72. The number of urea groups is 1. The summed E-state index contributed by atoms with van der Waals surface area (Å²) in [5, 5.41) is 28.0. The Morgan fingerprint density at radius 3 is 2.58 bits per heavy atom. The zero-order valence-corrected chi connectivity index (χ0v) is 17.3. The van der Waals surface area contributed by atoms with E-state index in [9.17, 15) is 24.5 Å². The molecule has 1 atom stereocenters. The number of carboxylic acid groups (broad SMARTS) is 1. The highest BCUT2D eigenvalue weighted by Gasteiger charge is 2.38. The summed E-state index contributed by atoms with van der Waals surface area (Å²) >= 11 is 0. The maximum Gasteiger partial charge on any atom is 0.547 e. The van der Waals surface area contributed by atoms with Crippen molar-refractivity contribution >= 4 is 25.0 Å². The van der Waals surface area contributed by atoms with Crippen molar-refractivity contribution in [3.8, 4) is 5.75 Å². The number of hydrogen-bond donors (Lipinski definition) is 6. The summed E-state index contributed by atoms with van der Waals surface area (Å²) in [7, 11) is -1.32. The first-order valence-electron chi connectivity index (χ1n) is 10.6. The van der Waals surface area contributed by atoms with Gasteiger partial charge in [0.25, 0.3) is 0 Å². The van der Waals surface area contributed by atoms with Crippen molar-refractivity contribution < 1.29 is 29.2 Å². The number of nitrogens with two attached hydrogens (primary N) is 1. The third kappa shape index (κ3) is 6.11. The van der Waals surface area contributed by atoms with Gasteiger partial charge in [0.2, 0.25) is 5.91 Å². The van der Waals surface area contributed by atoms with Crippen LogP contribution < -0.4 is 26.3 Å². The molecule has 11 heteroatoms. The van der Waals surface area contributed by atoms with Crippen molar-refractivity contribution in [3.63, 3.8) is 0 Å². The van der Waals surface area contributed by atoms with E-state index in [4.69, 9.17) is 10.4 Å². The minimum absolute atomic E-state index is 0.0107. The number of amides is 3. The first kappa shape index (κ1) is 22.9. The molecule has 2 aliphatic rings. The van der Waals surface area contributed by atoms with E-state index < -0.39 is 19.0 Å². The second kappa shape index (κ2) is 10.5. The number of rotatable bonds is 7. The molecule has 1 unspecified atom stereocenters. The molecular formula is C20H29BN4O6. The summed E-state index contributed by atoms with van der Waals surface area (Å²) < 4.78 is 5.41. The maximum atomic E-state index is 12.5. The van der Waals surface area contributed by atoms with E-state index >= 15 is 0 Å². The number of fused-ring (bicyclic) bond motifs is 1. The number of nitrogens with one attached hydrogen (secondary N) is 3. The van der Waals surface area contributed by atoms with Crippen LogP contribution in [-0.2, 0) is 11.2 Å². The Morgan fingerprint density at radius 2 is 1.90 bits per heavy atom. The fraction of sp³-hybridized carbons (Fsp3) is 0.550. The Hall–Kier alpha value is -2.79. The van der Waals surface area contributed by atoms with E-state index in [1.165, 1.54) is 6.07 Å². The number of carbonyl (C=O) groups is 3. The average molecular weight is 432 g/mol. The number of carboxylic acids is 1. The molecule has 168 valence electrons. The van der Waals surface area contributed by atoms with Gasteiger partial charge in [0.1, 0.15) is 5.75 Å². The zero-order valence-electron chi connectivity index (χ0n) is 17.3. The second-order valence-corrected chi connectivity index (χ2v) is 8.10. The summed E-state index contributed by atoms with van der Waals surface area (Å²) in [6.45, 7) is 0.822. The molecule has 1 aromatic rings. The van der Waals surface area contributed by atoms with Crippen molar-refractivity contribution in [3.05, 3.63) is 29.3 Å². The van der Waals surface area contributed by atoms with Crippen LogP contribution in [0.3, 0.4) is 0 Å². The molecule has 0 spiro atoms. The summed E-state index contributed by atoms with van der Waals surface area (Å²) in [4.78, 5) is 35.6. The third-order valence-corrected chi connectivity index (χ3v) is 5.78. The van der Waals surface area contributed by atoms with Gasteiger partial charge in [-0.3, -0.25) is 4.79 Å². The number of carbonyl (C=O) groups excluding carboxylic acids is 2. The van der Waals surface area contributed by atoms with Gasteiger partial charge < -0.3 is 36.5 Å². The SMILES string of the molecule is NCCNC(=O)NC1CCC(CC(=O)NC2Cc3cccc(C(=O)O)c3OB2O)CC1. The van der Waals surface area contributed by atoms with Crippen LogP contribution in [0.1, 0.15) is 48.0 Å². The van der Waals surface area contributed by atoms with Gasteiger partial charge in [-0.05, 0) is 49.7 Å². The van der Waals surface area contributed by atoms with E-state index in [0.717, 1.165) is 25.7 Å². The molecule has 3 amide bonds. The van der Waals surface area contributed by atoms with E-state index in [0.29, 0.717) is 25.1 Å². The molecule has 1 aliphatic heterocycles. The smallest absolute Gasteiger partial charge is 0.534 e. The van der Waals surface area contributed by atoms with Gasteiger partial charge in [0.15, 0.2) is 0 Å². The normalized spacial score (nSPS) is 22.6. The van der Waals surface area contributed by atoms with Crippen molar-refractivity contribution in [2.24, 2.45) is 11.7 Å². The second-order valence-electron chi connectivity index (χ2n) is 8.10. The topological polar surface area (TPSA) is 163 Å². The fourth-order valence-electron chi connectivity index (χ4n) is 4.18.